The summed E-state index contributed by atoms with van der Waals surface area (Å²) in [6.45, 7) is 1.25. The lowest BCUT2D eigenvalue weighted by atomic mass is 10.1. The van der Waals surface area contributed by atoms with Crippen LogP contribution in [0.3, 0.4) is 0 Å². The molecule has 12 heteroatoms. The lowest BCUT2D eigenvalue weighted by molar-refractivity contribution is -0.392. The molecule has 0 fully saturated rings. The number of carbonyl (C=O) groups is 1. The SMILES string of the molecule is CC(Nc1c([N+](=O)[O-])cc(C(F)(F)F)cc1[N+](=O)[O-])C(=O)Nc1ccccc1. The van der Waals surface area contributed by atoms with Crippen molar-refractivity contribution in [2.24, 2.45) is 0 Å². The third kappa shape index (κ3) is 4.72. The van der Waals surface area contributed by atoms with Crippen LogP contribution in [0.1, 0.15) is 12.5 Å². The van der Waals surface area contributed by atoms with E-state index in [2.05, 4.69) is 10.6 Å². The predicted octanol–water partition coefficient (Wildman–Crippen LogP) is 3.96. The Bertz CT molecular complexity index is 883. The van der Waals surface area contributed by atoms with Crippen molar-refractivity contribution in [1.29, 1.82) is 0 Å². The van der Waals surface area contributed by atoms with Gasteiger partial charge < -0.3 is 10.6 Å². The van der Waals surface area contributed by atoms with Gasteiger partial charge in [-0.3, -0.25) is 25.0 Å². The fraction of sp³-hybridized carbons (Fsp3) is 0.188. The van der Waals surface area contributed by atoms with Gasteiger partial charge in [-0.15, -0.1) is 0 Å². The maximum absolute atomic E-state index is 12.9. The Kier molecular flexibility index (Phi) is 5.81. The van der Waals surface area contributed by atoms with Crippen LogP contribution in [0.15, 0.2) is 42.5 Å². The van der Waals surface area contributed by atoms with Crippen LogP contribution in [0.25, 0.3) is 0 Å². The van der Waals surface area contributed by atoms with E-state index in [0.29, 0.717) is 5.69 Å². The summed E-state index contributed by atoms with van der Waals surface area (Å²) in [6.07, 6.45) is -5.02. The van der Waals surface area contributed by atoms with Crippen LogP contribution in [0.5, 0.6) is 0 Å². The Labute approximate surface area is 155 Å². The molecule has 0 saturated heterocycles. The normalized spacial score (nSPS) is 12.1. The lowest BCUT2D eigenvalue weighted by Crippen LogP contribution is -2.32. The van der Waals surface area contributed by atoms with Gasteiger partial charge in [-0.05, 0) is 19.1 Å². The van der Waals surface area contributed by atoms with Crippen LogP contribution in [-0.2, 0) is 11.0 Å². The molecule has 2 N–H and O–H groups in total. The molecule has 0 heterocycles. The number of halogens is 3. The van der Waals surface area contributed by atoms with E-state index in [1.54, 1.807) is 30.3 Å². The van der Waals surface area contributed by atoms with Gasteiger partial charge in [0.1, 0.15) is 6.04 Å². The summed E-state index contributed by atoms with van der Waals surface area (Å²) in [7, 11) is 0. The summed E-state index contributed by atoms with van der Waals surface area (Å²) < 4.78 is 38.7. The number of nitro groups is 2. The van der Waals surface area contributed by atoms with Crippen molar-refractivity contribution in [3.05, 3.63) is 68.3 Å². The molecule has 0 aliphatic carbocycles. The van der Waals surface area contributed by atoms with Gasteiger partial charge in [0, 0.05) is 17.8 Å². The fourth-order valence-corrected chi connectivity index (χ4v) is 2.27. The third-order valence-electron chi connectivity index (χ3n) is 3.61. The molecule has 0 aliphatic rings. The molecule has 9 nitrogen and oxygen atoms in total. The number of rotatable bonds is 6. The van der Waals surface area contributed by atoms with Crippen LogP contribution in [0, 0.1) is 20.2 Å². The number of carbonyl (C=O) groups excluding carboxylic acids is 1. The third-order valence-corrected chi connectivity index (χ3v) is 3.61. The van der Waals surface area contributed by atoms with Crippen LogP contribution < -0.4 is 10.6 Å². The average molecular weight is 398 g/mol. The first-order chi connectivity index (χ1) is 13.0. The molecule has 1 unspecified atom stereocenters. The van der Waals surface area contributed by atoms with Gasteiger partial charge in [0.15, 0.2) is 5.69 Å². The van der Waals surface area contributed by atoms with Crippen LogP contribution in [0.4, 0.5) is 35.9 Å². The molecule has 148 valence electrons. The minimum absolute atomic E-state index is 0.178. The number of nitro benzene ring substituents is 2. The standard InChI is InChI=1S/C16H13F3N4O5/c1-9(15(24)21-11-5-3-2-4-6-11)20-14-12(22(25)26)7-10(16(17,18)19)8-13(14)23(27)28/h2-9,20H,1H3,(H,21,24). The zero-order valence-corrected chi connectivity index (χ0v) is 14.2. The van der Waals surface area contributed by atoms with E-state index in [9.17, 15) is 38.2 Å². The smallest absolute Gasteiger partial charge is 0.363 e. The molecule has 0 spiro atoms. The Morgan fingerprint density at radius 1 is 1.04 bits per heavy atom. The Morgan fingerprint density at radius 3 is 1.96 bits per heavy atom. The van der Waals surface area contributed by atoms with Gasteiger partial charge in [0.05, 0.1) is 15.4 Å². The molecule has 0 aromatic heterocycles. The molecule has 1 amide bonds. The highest BCUT2D eigenvalue weighted by atomic mass is 19.4. The Balaban J connectivity index is 2.41. The van der Waals surface area contributed by atoms with Crippen molar-refractivity contribution in [2.75, 3.05) is 10.6 Å². The molecule has 2 rings (SSSR count). The van der Waals surface area contributed by atoms with Gasteiger partial charge in [-0.2, -0.15) is 13.2 Å². The van der Waals surface area contributed by atoms with Crippen molar-refractivity contribution >= 4 is 28.7 Å². The summed E-state index contributed by atoms with van der Waals surface area (Å²) in [5, 5.41) is 27.1. The lowest BCUT2D eigenvalue weighted by Gasteiger charge is -2.16. The number of hydrogen-bond acceptors (Lipinski definition) is 6. The van der Waals surface area contributed by atoms with Crippen molar-refractivity contribution in [2.45, 2.75) is 19.1 Å². The quantitative estimate of drug-likeness (QED) is 0.560. The highest BCUT2D eigenvalue weighted by Gasteiger charge is 2.38. The van der Waals surface area contributed by atoms with Crippen molar-refractivity contribution in [3.8, 4) is 0 Å². The number of benzene rings is 2. The highest BCUT2D eigenvalue weighted by Crippen LogP contribution is 2.41. The molecule has 28 heavy (non-hydrogen) atoms. The van der Waals surface area contributed by atoms with E-state index in [1.165, 1.54) is 6.92 Å². The van der Waals surface area contributed by atoms with E-state index >= 15 is 0 Å². The fourth-order valence-electron chi connectivity index (χ4n) is 2.27. The molecule has 2 aromatic rings. The van der Waals surface area contributed by atoms with Gasteiger partial charge in [-0.1, -0.05) is 18.2 Å². The summed E-state index contributed by atoms with van der Waals surface area (Å²) >= 11 is 0. The van der Waals surface area contributed by atoms with Gasteiger partial charge in [-0.25, -0.2) is 0 Å². The first-order valence-electron chi connectivity index (χ1n) is 7.67. The first kappa shape index (κ1) is 20.6. The summed E-state index contributed by atoms with van der Waals surface area (Å²) in [6, 6.07) is 7.23. The van der Waals surface area contributed by atoms with Crippen LogP contribution in [-0.4, -0.2) is 21.8 Å². The second kappa shape index (κ2) is 7.90. The number of para-hydroxylation sites is 1. The van der Waals surface area contributed by atoms with Crippen LogP contribution in [0.2, 0.25) is 0 Å². The maximum atomic E-state index is 12.9. The molecule has 0 radical (unpaired) electrons. The minimum Gasteiger partial charge on any atom is -0.363 e. The Hall–Kier alpha value is -3.70. The van der Waals surface area contributed by atoms with Crippen molar-refractivity contribution in [3.63, 3.8) is 0 Å². The average Bonchev–Trinajstić information content (AvgIpc) is 2.61. The number of alkyl halides is 3. The molecular formula is C16H13F3N4O5. The second-order valence-corrected chi connectivity index (χ2v) is 5.62. The largest absolute Gasteiger partial charge is 0.416 e. The molecule has 0 aliphatic heterocycles. The summed E-state index contributed by atoms with van der Waals surface area (Å²) in [5.74, 6) is -0.699. The monoisotopic (exact) mass is 398 g/mol. The van der Waals surface area contributed by atoms with Crippen LogP contribution >= 0.6 is 0 Å². The molecule has 0 bridgehead atoms. The number of hydrogen-bond donors (Lipinski definition) is 2. The number of nitrogens with zero attached hydrogens (tertiary/aromatic N) is 2. The molecule has 2 aromatic carbocycles. The molecule has 0 saturated carbocycles. The Morgan fingerprint density at radius 2 is 1.54 bits per heavy atom. The van der Waals surface area contributed by atoms with E-state index in [-0.39, 0.29) is 12.1 Å². The minimum atomic E-state index is -5.02. The first-order valence-corrected chi connectivity index (χ1v) is 7.67. The number of nitrogens with one attached hydrogen (secondary N) is 2. The van der Waals surface area contributed by atoms with E-state index < -0.39 is 50.6 Å². The maximum Gasteiger partial charge on any atom is 0.416 e. The predicted molar refractivity (Wildman–Crippen MR) is 92.9 cm³/mol. The highest BCUT2D eigenvalue weighted by molar-refractivity contribution is 5.97. The molecule has 1 atom stereocenters. The van der Waals surface area contributed by atoms with E-state index in [1.807, 2.05) is 0 Å². The van der Waals surface area contributed by atoms with Gasteiger partial charge in [0.25, 0.3) is 11.4 Å². The zero-order chi connectivity index (χ0) is 21.1. The summed E-state index contributed by atoms with van der Waals surface area (Å²) in [4.78, 5) is 32.2. The van der Waals surface area contributed by atoms with E-state index in [4.69, 9.17) is 0 Å². The van der Waals surface area contributed by atoms with Crippen molar-refractivity contribution in [1.82, 2.24) is 0 Å². The second-order valence-electron chi connectivity index (χ2n) is 5.62. The van der Waals surface area contributed by atoms with Gasteiger partial charge >= 0.3 is 6.18 Å². The van der Waals surface area contributed by atoms with Gasteiger partial charge in [0.2, 0.25) is 5.91 Å². The molecular weight excluding hydrogens is 385 g/mol. The summed E-state index contributed by atoms with van der Waals surface area (Å²) in [5.41, 5.74) is -4.27. The van der Waals surface area contributed by atoms with E-state index in [0.717, 1.165) is 0 Å². The number of amides is 1. The van der Waals surface area contributed by atoms with Crippen molar-refractivity contribution < 1.29 is 27.8 Å². The zero-order valence-electron chi connectivity index (χ0n) is 14.2. The number of anilines is 2. The topological polar surface area (TPSA) is 127 Å².